The fourth-order valence-electron chi connectivity index (χ4n) is 1.84. The maximum absolute atomic E-state index is 12.5. The first-order valence-electron chi connectivity index (χ1n) is 5.86. The highest BCUT2D eigenvalue weighted by Gasteiger charge is 2.42. The molecule has 1 aromatic heterocycles. The van der Waals surface area contributed by atoms with Gasteiger partial charge in [0.1, 0.15) is 23.5 Å². The van der Waals surface area contributed by atoms with Gasteiger partial charge in [-0.1, -0.05) is 11.6 Å². The predicted octanol–water partition coefficient (Wildman–Crippen LogP) is 2.81. The van der Waals surface area contributed by atoms with Gasteiger partial charge in [-0.2, -0.15) is 13.2 Å². The van der Waals surface area contributed by atoms with Crippen molar-refractivity contribution in [3.8, 4) is 0 Å². The third-order valence-electron chi connectivity index (χ3n) is 2.87. The van der Waals surface area contributed by atoms with Crippen molar-refractivity contribution in [2.75, 3.05) is 6.54 Å². The number of pyridine rings is 1. The molecule has 1 heterocycles. The molecule has 1 fully saturated rings. The van der Waals surface area contributed by atoms with E-state index in [1.807, 2.05) is 0 Å². The maximum atomic E-state index is 12.5. The van der Waals surface area contributed by atoms with Crippen molar-refractivity contribution in [3.05, 3.63) is 33.1 Å². The van der Waals surface area contributed by atoms with E-state index >= 15 is 0 Å². The smallest absolute Gasteiger partial charge is 0.326 e. The van der Waals surface area contributed by atoms with Gasteiger partial charge in [-0.25, -0.2) is 4.98 Å². The predicted molar refractivity (Wildman–Crippen MR) is 66.0 cm³/mol. The molecule has 1 saturated carbocycles. The normalized spacial score (nSPS) is 14.9. The molecule has 1 aromatic rings. The van der Waals surface area contributed by atoms with Crippen molar-refractivity contribution >= 4 is 23.2 Å². The summed E-state index contributed by atoms with van der Waals surface area (Å²) in [5.74, 6) is -1.06. The van der Waals surface area contributed by atoms with E-state index in [4.69, 9.17) is 11.6 Å². The molecule has 0 bridgehead atoms. The minimum absolute atomic E-state index is 0.202. The number of amides is 1. The molecule has 10 heteroatoms. The molecular weight excluding hydrogens is 315 g/mol. The highest BCUT2D eigenvalue weighted by Crippen LogP contribution is 2.33. The van der Waals surface area contributed by atoms with E-state index < -0.39 is 40.8 Å². The summed E-state index contributed by atoms with van der Waals surface area (Å²) in [4.78, 5) is 26.3. The van der Waals surface area contributed by atoms with Crippen LogP contribution in [0.4, 0.5) is 18.9 Å². The minimum atomic E-state index is -4.58. The maximum Gasteiger partial charge on any atom is 0.406 e. The van der Waals surface area contributed by atoms with Crippen LogP contribution in [0.5, 0.6) is 0 Å². The van der Waals surface area contributed by atoms with Crippen LogP contribution in [-0.4, -0.2) is 39.5 Å². The van der Waals surface area contributed by atoms with Crippen LogP contribution in [0, 0.1) is 10.1 Å². The fourth-order valence-corrected chi connectivity index (χ4v) is 2.00. The van der Waals surface area contributed by atoms with Crippen LogP contribution in [0.2, 0.25) is 5.15 Å². The Morgan fingerprint density at radius 2 is 2.14 bits per heavy atom. The first-order chi connectivity index (χ1) is 9.69. The zero-order valence-corrected chi connectivity index (χ0v) is 11.2. The Morgan fingerprint density at radius 3 is 2.62 bits per heavy atom. The zero-order chi connectivity index (χ0) is 15.8. The summed E-state index contributed by atoms with van der Waals surface area (Å²) in [7, 11) is 0. The van der Waals surface area contributed by atoms with Gasteiger partial charge in [-0.15, -0.1) is 0 Å². The Hall–Kier alpha value is -1.90. The van der Waals surface area contributed by atoms with E-state index in [0.717, 1.165) is 12.3 Å². The zero-order valence-electron chi connectivity index (χ0n) is 10.4. The van der Waals surface area contributed by atoms with Gasteiger partial charge in [0.15, 0.2) is 0 Å². The molecule has 0 N–H and O–H groups in total. The summed E-state index contributed by atoms with van der Waals surface area (Å²) >= 11 is 5.57. The number of carbonyl (C=O) groups is 1. The second-order valence-electron chi connectivity index (χ2n) is 4.56. The van der Waals surface area contributed by atoms with Gasteiger partial charge in [0, 0.05) is 6.04 Å². The molecule has 0 radical (unpaired) electrons. The number of hydrogen-bond donors (Lipinski definition) is 0. The molecule has 2 rings (SSSR count). The third-order valence-corrected chi connectivity index (χ3v) is 3.08. The molecule has 6 nitrogen and oxygen atoms in total. The molecule has 114 valence electrons. The van der Waals surface area contributed by atoms with Gasteiger partial charge < -0.3 is 4.90 Å². The van der Waals surface area contributed by atoms with Crippen LogP contribution >= 0.6 is 11.6 Å². The molecule has 1 aliphatic carbocycles. The second kappa shape index (κ2) is 5.47. The first kappa shape index (κ1) is 15.5. The van der Waals surface area contributed by atoms with E-state index in [0.29, 0.717) is 17.7 Å². The van der Waals surface area contributed by atoms with Crippen molar-refractivity contribution in [2.45, 2.75) is 25.1 Å². The summed E-state index contributed by atoms with van der Waals surface area (Å²) in [6.07, 6.45) is -2.94. The summed E-state index contributed by atoms with van der Waals surface area (Å²) < 4.78 is 37.6. The van der Waals surface area contributed by atoms with Gasteiger partial charge in [-0.05, 0) is 18.9 Å². The number of nitro groups is 1. The number of alkyl halides is 3. The van der Waals surface area contributed by atoms with Gasteiger partial charge in [0.2, 0.25) is 0 Å². The van der Waals surface area contributed by atoms with Gasteiger partial charge >= 0.3 is 6.18 Å². The monoisotopic (exact) mass is 323 g/mol. The number of hydrogen-bond acceptors (Lipinski definition) is 4. The highest BCUT2D eigenvalue weighted by atomic mass is 35.5. The Kier molecular flexibility index (Phi) is 4.04. The summed E-state index contributed by atoms with van der Waals surface area (Å²) in [6, 6.07) is 0.360. The first-order valence-corrected chi connectivity index (χ1v) is 6.24. The summed E-state index contributed by atoms with van der Waals surface area (Å²) in [5, 5.41) is 10.7. The molecule has 0 atom stereocenters. The fraction of sp³-hybridized carbons (Fsp3) is 0.455. The Labute approximate surface area is 121 Å². The largest absolute Gasteiger partial charge is 0.406 e. The van der Waals surface area contributed by atoms with Crippen LogP contribution in [-0.2, 0) is 0 Å². The Morgan fingerprint density at radius 1 is 1.52 bits per heavy atom. The number of rotatable bonds is 4. The summed E-state index contributed by atoms with van der Waals surface area (Å²) in [6.45, 7) is -1.45. The van der Waals surface area contributed by atoms with Gasteiger partial charge in [0.25, 0.3) is 11.6 Å². The number of nitrogens with zero attached hydrogens (tertiary/aromatic N) is 3. The molecule has 0 spiro atoms. The van der Waals surface area contributed by atoms with E-state index in [2.05, 4.69) is 4.98 Å². The standard InChI is InChI=1S/C11H9ClF3N3O3/c12-9-3-7(8(4-16-9)18(20)21)10(19)17(6-1-2-6)5-11(13,14)15/h3-4,6H,1-2,5H2. The second-order valence-corrected chi connectivity index (χ2v) is 4.95. The van der Waals surface area contributed by atoms with Crippen LogP contribution in [0.25, 0.3) is 0 Å². The molecule has 0 aromatic carbocycles. The highest BCUT2D eigenvalue weighted by molar-refractivity contribution is 6.29. The van der Waals surface area contributed by atoms with Crippen LogP contribution < -0.4 is 0 Å². The van der Waals surface area contributed by atoms with Crippen LogP contribution in [0.3, 0.4) is 0 Å². The van der Waals surface area contributed by atoms with Crippen molar-refractivity contribution in [3.63, 3.8) is 0 Å². The topological polar surface area (TPSA) is 76.3 Å². The van der Waals surface area contributed by atoms with Crippen LogP contribution in [0.15, 0.2) is 12.3 Å². The van der Waals surface area contributed by atoms with Crippen molar-refractivity contribution in [1.82, 2.24) is 9.88 Å². The third kappa shape index (κ3) is 3.81. The SMILES string of the molecule is O=C(c1cc(Cl)ncc1[N+](=O)[O-])N(CC(F)(F)F)C1CC1. The Bertz CT molecular complexity index is 590. The number of aromatic nitrogens is 1. The molecule has 21 heavy (non-hydrogen) atoms. The molecule has 1 amide bonds. The lowest BCUT2D eigenvalue weighted by molar-refractivity contribution is -0.385. The Balaban J connectivity index is 2.37. The average Bonchev–Trinajstić information content (AvgIpc) is 3.17. The molecule has 1 aliphatic rings. The van der Waals surface area contributed by atoms with E-state index in [1.54, 1.807) is 0 Å². The lowest BCUT2D eigenvalue weighted by Gasteiger charge is -2.23. The van der Waals surface area contributed by atoms with Crippen LogP contribution in [0.1, 0.15) is 23.2 Å². The lowest BCUT2D eigenvalue weighted by atomic mass is 10.2. The molecular formula is C11H9ClF3N3O3. The number of carbonyl (C=O) groups excluding carboxylic acids is 1. The van der Waals surface area contributed by atoms with E-state index in [-0.39, 0.29) is 5.15 Å². The average molecular weight is 324 g/mol. The van der Waals surface area contributed by atoms with E-state index in [9.17, 15) is 28.1 Å². The van der Waals surface area contributed by atoms with Gasteiger partial charge in [-0.3, -0.25) is 14.9 Å². The minimum Gasteiger partial charge on any atom is -0.326 e. The van der Waals surface area contributed by atoms with E-state index in [1.165, 1.54) is 0 Å². The summed E-state index contributed by atoms with van der Waals surface area (Å²) in [5.41, 5.74) is -1.16. The molecule has 0 aliphatic heterocycles. The number of halogens is 4. The van der Waals surface area contributed by atoms with Crippen molar-refractivity contribution in [1.29, 1.82) is 0 Å². The molecule has 0 saturated heterocycles. The van der Waals surface area contributed by atoms with Crippen molar-refractivity contribution in [2.24, 2.45) is 0 Å². The lowest BCUT2D eigenvalue weighted by Crippen LogP contribution is -2.40. The quantitative estimate of drug-likeness (QED) is 0.485. The van der Waals surface area contributed by atoms with Crippen molar-refractivity contribution < 1.29 is 22.9 Å². The van der Waals surface area contributed by atoms with Gasteiger partial charge in [0.05, 0.1) is 4.92 Å². The molecule has 0 unspecified atom stereocenters.